The van der Waals surface area contributed by atoms with Gasteiger partial charge in [-0.3, -0.25) is 9.59 Å². The van der Waals surface area contributed by atoms with Crippen LogP contribution in [0.1, 0.15) is 26.2 Å². The lowest BCUT2D eigenvalue weighted by Gasteiger charge is -2.19. The second kappa shape index (κ2) is 5.48. The van der Waals surface area contributed by atoms with Crippen molar-refractivity contribution in [3.8, 4) is 0 Å². The molecule has 0 aromatic carbocycles. The van der Waals surface area contributed by atoms with E-state index in [9.17, 15) is 14.4 Å². The number of esters is 2. The average Bonchev–Trinajstić information content (AvgIpc) is 2.21. The van der Waals surface area contributed by atoms with Crippen molar-refractivity contribution in [3.05, 3.63) is 0 Å². The molecule has 5 nitrogen and oxygen atoms in total. The maximum absolute atomic E-state index is 11.3. The largest absolute Gasteiger partial charge is 0.466 e. The van der Waals surface area contributed by atoms with Gasteiger partial charge in [-0.2, -0.15) is 0 Å². The molecule has 0 aromatic rings. The van der Waals surface area contributed by atoms with E-state index in [0.717, 1.165) is 0 Å². The molecule has 0 N–H and O–H groups in total. The van der Waals surface area contributed by atoms with Gasteiger partial charge in [-0.05, 0) is 19.8 Å². The highest BCUT2D eigenvalue weighted by atomic mass is 16.5. The molecular weight excluding hydrogens is 200 g/mol. The van der Waals surface area contributed by atoms with Crippen LogP contribution in [0.4, 0.5) is 0 Å². The standard InChI is InChI=1S/C10H14O5/c1-2-14-8(11)4-3-7-5-6-15-10(13)9(7)12/h7H,2-6H2,1H3. The van der Waals surface area contributed by atoms with Gasteiger partial charge in [-0.1, -0.05) is 0 Å². The van der Waals surface area contributed by atoms with Crippen LogP contribution < -0.4 is 0 Å². The van der Waals surface area contributed by atoms with E-state index in [2.05, 4.69) is 4.74 Å². The van der Waals surface area contributed by atoms with Gasteiger partial charge in [0.1, 0.15) is 0 Å². The van der Waals surface area contributed by atoms with Crippen LogP contribution in [0.2, 0.25) is 0 Å². The van der Waals surface area contributed by atoms with Gasteiger partial charge < -0.3 is 9.47 Å². The van der Waals surface area contributed by atoms with Crippen LogP contribution in [0, 0.1) is 5.92 Å². The highest BCUT2D eigenvalue weighted by Crippen LogP contribution is 2.18. The number of rotatable bonds is 4. The fourth-order valence-corrected chi connectivity index (χ4v) is 1.46. The van der Waals surface area contributed by atoms with Gasteiger partial charge in [-0.15, -0.1) is 0 Å². The third-order valence-electron chi connectivity index (χ3n) is 2.27. The van der Waals surface area contributed by atoms with E-state index >= 15 is 0 Å². The lowest BCUT2D eigenvalue weighted by molar-refractivity contribution is -0.161. The average molecular weight is 214 g/mol. The molecule has 0 aromatic heterocycles. The van der Waals surface area contributed by atoms with Crippen LogP contribution in [0.5, 0.6) is 0 Å². The monoisotopic (exact) mass is 214 g/mol. The highest BCUT2D eigenvalue weighted by Gasteiger charge is 2.31. The quantitative estimate of drug-likeness (QED) is 0.502. The highest BCUT2D eigenvalue weighted by molar-refractivity contribution is 6.34. The minimum Gasteiger partial charge on any atom is -0.466 e. The number of hydrogen-bond acceptors (Lipinski definition) is 5. The number of Topliss-reactive ketones (excluding diaryl/α,β-unsaturated/α-hetero) is 1. The molecule has 0 bridgehead atoms. The molecule has 1 saturated heterocycles. The molecule has 0 spiro atoms. The summed E-state index contributed by atoms with van der Waals surface area (Å²) in [6.07, 6.45) is 1.05. The van der Waals surface area contributed by atoms with E-state index in [1.165, 1.54) is 0 Å². The Bertz CT molecular complexity index is 271. The van der Waals surface area contributed by atoms with E-state index in [4.69, 9.17) is 4.74 Å². The molecule has 1 aliphatic heterocycles. The Kier molecular flexibility index (Phi) is 4.27. The van der Waals surface area contributed by atoms with Crippen molar-refractivity contribution in [1.82, 2.24) is 0 Å². The molecule has 1 heterocycles. The number of cyclic esters (lactones) is 1. The third-order valence-corrected chi connectivity index (χ3v) is 2.27. The molecule has 15 heavy (non-hydrogen) atoms. The number of carbonyl (C=O) groups is 3. The summed E-state index contributed by atoms with van der Waals surface area (Å²) in [5.74, 6) is -2.01. The summed E-state index contributed by atoms with van der Waals surface area (Å²) >= 11 is 0. The van der Waals surface area contributed by atoms with Crippen LogP contribution >= 0.6 is 0 Å². The Balaban J connectivity index is 2.34. The van der Waals surface area contributed by atoms with Gasteiger partial charge in [0.25, 0.3) is 0 Å². The van der Waals surface area contributed by atoms with Gasteiger partial charge in [-0.25, -0.2) is 4.79 Å². The predicted molar refractivity (Wildman–Crippen MR) is 49.9 cm³/mol. The van der Waals surface area contributed by atoms with Crippen LogP contribution in [0.3, 0.4) is 0 Å². The van der Waals surface area contributed by atoms with Gasteiger partial charge in [0.15, 0.2) is 0 Å². The Labute approximate surface area is 87.7 Å². The molecule has 84 valence electrons. The zero-order valence-electron chi connectivity index (χ0n) is 8.65. The van der Waals surface area contributed by atoms with Crippen LogP contribution in [0.15, 0.2) is 0 Å². The van der Waals surface area contributed by atoms with Gasteiger partial charge >= 0.3 is 11.9 Å². The maximum atomic E-state index is 11.3. The Morgan fingerprint density at radius 3 is 2.93 bits per heavy atom. The van der Waals surface area contributed by atoms with E-state index < -0.39 is 11.8 Å². The van der Waals surface area contributed by atoms with Crippen LogP contribution in [-0.2, 0) is 23.9 Å². The minimum atomic E-state index is -0.782. The third kappa shape index (κ3) is 3.34. The molecule has 0 aliphatic carbocycles. The number of ether oxygens (including phenoxy) is 2. The first kappa shape index (κ1) is 11.7. The Morgan fingerprint density at radius 1 is 1.53 bits per heavy atom. The summed E-state index contributed by atoms with van der Waals surface area (Å²) < 4.78 is 9.30. The molecule has 1 unspecified atom stereocenters. The normalized spacial score (nSPS) is 21.0. The Hall–Kier alpha value is -1.39. The molecule has 0 amide bonds. The van der Waals surface area contributed by atoms with Crippen LogP contribution in [0.25, 0.3) is 0 Å². The van der Waals surface area contributed by atoms with Crippen molar-refractivity contribution in [2.24, 2.45) is 5.92 Å². The maximum Gasteiger partial charge on any atom is 0.374 e. The molecular formula is C10H14O5. The molecule has 0 saturated carbocycles. The summed E-state index contributed by atoms with van der Waals surface area (Å²) in [4.78, 5) is 33.2. The fourth-order valence-electron chi connectivity index (χ4n) is 1.46. The van der Waals surface area contributed by atoms with Gasteiger partial charge in [0, 0.05) is 12.3 Å². The first-order valence-electron chi connectivity index (χ1n) is 5.01. The molecule has 1 aliphatic rings. The number of hydrogen-bond donors (Lipinski definition) is 0. The fraction of sp³-hybridized carbons (Fsp3) is 0.700. The number of ketones is 1. The topological polar surface area (TPSA) is 69.7 Å². The van der Waals surface area contributed by atoms with Crippen molar-refractivity contribution in [2.45, 2.75) is 26.2 Å². The molecule has 1 fully saturated rings. The summed E-state index contributed by atoms with van der Waals surface area (Å²) in [6.45, 7) is 2.32. The first-order chi connectivity index (χ1) is 7.15. The van der Waals surface area contributed by atoms with E-state index in [1.807, 2.05) is 0 Å². The summed E-state index contributed by atoms with van der Waals surface area (Å²) in [7, 11) is 0. The second-order valence-corrected chi connectivity index (χ2v) is 3.33. The minimum absolute atomic E-state index is 0.178. The van der Waals surface area contributed by atoms with E-state index in [0.29, 0.717) is 19.4 Å². The zero-order valence-corrected chi connectivity index (χ0v) is 8.65. The summed E-state index contributed by atoms with van der Waals surface area (Å²) in [5.41, 5.74) is 0. The van der Waals surface area contributed by atoms with E-state index in [1.54, 1.807) is 6.92 Å². The van der Waals surface area contributed by atoms with Crippen molar-refractivity contribution < 1.29 is 23.9 Å². The van der Waals surface area contributed by atoms with Crippen molar-refractivity contribution >= 4 is 17.7 Å². The lowest BCUT2D eigenvalue weighted by Crippen LogP contribution is -2.33. The summed E-state index contributed by atoms with van der Waals surface area (Å²) in [6, 6.07) is 0. The Morgan fingerprint density at radius 2 is 2.27 bits per heavy atom. The molecule has 1 rings (SSSR count). The predicted octanol–water partition coefficient (Wildman–Crippen LogP) is 0.462. The molecule has 0 radical (unpaired) electrons. The van der Waals surface area contributed by atoms with Crippen LogP contribution in [-0.4, -0.2) is 30.9 Å². The smallest absolute Gasteiger partial charge is 0.374 e. The molecule has 1 atom stereocenters. The lowest BCUT2D eigenvalue weighted by atomic mass is 9.93. The SMILES string of the molecule is CCOC(=O)CCC1CCOC(=O)C1=O. The van der Waals surface area contributed by atoms with E-state index in [-0.39, 0.29) is 24.9 Å². The second-order valence-electron chi connectivity index (χ2n) is 3.33. The van der Waals surface area contributed by atoms with Crippen molar-refractivity contribution in [3.63, 3.8) is 0 Å². The van der Waals surface area contributed by atoms with Gasteiger partial charge in [0.2, 0.25) is 5.78 Å². The van der Waals surface area contributed by atoms with Crippen molar-refractivity contribution in [2.75, 3.05) is 13.2 Å². The summed E-state index contributed by atoms with van der Waals surface area (Å²) in [5, 5.41) is 0. The first-order valence-corrected chi connectivity index (χ1v) is 5.01. The van der Waals surface area contributed by atoms with Crippen molar-refractivity contribution in [1.29, 1.82) is 0 Å². The van der Waals surface area contributed by atoms with Gasteiger partial charge in [0.05, 0.1) is 13.2 Å². The zero-order chi connectivity index (χ0) is 11.3. The number of carbonyl (C=O) groups excluding carboxylic acids is 3. The molecule has 5 heteroatoms.